The van der Waals surface area contributed by atoms with Crippen LogP contribution in [0.5, 0.6) is 0 Å². The van der Waals surface area contributed by atoms with E-state index in [4.69, 9.17) is 0 Å². The largest absolute Gasteiger partial charge is 0.345 e. The first-order chi connectivity index (χ1) is 15.8. The summed E-state index contributed by atoms with van der Waals surface area (Å²) in [6.45, 7) is 4.45. The van der Waals surface area contributed by atoms with Crippen LogP contribution in [0.1, 0.15) is 13.8 Å². The fourth-order valence-electron chi connectivity index (χ4n) is 3.76. The molecule has 1 aliphatic heterocycles. The molecule has 2 amide bonds. The molecule has 3 heterocycles. The van der Waals surface area contributed by atoms with Crippen molar-refractivity contribution in [2.75, 3.05) is 31.5 Å². The van der Waals surface area contributed by atoms with Crippen molar-refractivity contribution >= 4 is 50.3 Å². The zero-order chi connectivity index (χ0) is 23.6. The van der Waals surface area contributed by atoms with E-state index < -0.39 is 10.0 Å². The van der Waals surface area contributed by atoms with E-state index in [1.165, 1.54) is 29.2 Å². The van der Waals surface area contributed by atoms with Gasteiger partial charge in [-0.1, -0.05) is 0 Å². The Hall–Kier alpha value is -2.89. The first-order valence-corrected chi connectivity index (χ1v) is 12.8. The predicted molar refractivity (Wildman–Crippen MR) is 127 cm³/mol. The summed E-state index contributed by atoms with van der Waals surface area (Å²) in [5.41, 5.74) is 1.23. The van der Waals surface area contributed by atoms with Crippen molar-refractivity contribution in [3.63, 3.8) is 0 Å². The minimum Gasteiger partial charge on any atom is -0.345 e. The minimum atomic E-state index is -3.69. The predicted octanol–water partition coefficient (Wildman–Crippen LogP) is 2.54. The average Bonchev–Trinajstić information content (AvgIpc) is 3.25. The number of piperazine rings is 1. The van der Waals surface area contributed by atoms with Crippen LogP contribution in [0.3, 0.4) is 0 Å². The maximum absolute atomic E-state index is 13.2. The van der Waals surface area contributed by atoms with Gasteiger partial charge in [0.15, 0.2) is 0 Å². The van der Waals surface area contributed by atoms with Crippen LogP contribution in [-0.2, 0) is 19.6 Å². The maximum atomic E-state index is 13.2. The van der Waals surface area contributed by atoms with E-state index in [9.17, 15) is 18.0 Å². The Bertz CT molecular complexity index is 1270. The topological polar surface area (TPSA) is 115 Å². The van der Waals surface area contributed by atoms with Crippen molar-refractivity contribution in [3.8, 4) is 0 Å². The van der Waals surface area contributed by atoms with Crippen molar-refractivity contribution < 1.29 is 18.0 Å². The van der Waals surface area contributed by atoms with Gasteiger partial charge in [0.25, 0.3) is 0 Å². The monoisotopic (exact) mass is 487 g/mol. The lowest BCUT2D eigenvalue weighted by atomic mass is 10.3. The molecule has 1 unspecified atom stereocenters. The third-order valence-electron chi connectivity index (χ3n) is 5.42. The van der Waals surface area contributed by atoms with Gasteiger partial charge in [0.05, 0.1) is 5.25 Å². The standard InChI is InChI=1S/C22H25N5O4S2/c1-15(32-18-7-5-17(6-8-18)25-16(2)28)22(29)26-10-12-27(13-11-26)33(30,31)20-14-24-21-19(20)4-3-9-23-21/h3-9,14-15H,10-13H2,1-2H3,(H,23,24)(H,25,28). The number of hydrogen-bond acceptors (Lipinski definition) is 6. The molecule has 33 heavy (non-hydrogen) atoms. The van der Waals surface area contributed by atoms with Gasteiger partial charge in [-0.2, -0.15) is 4.31 Å². The zero-order valence-electron chi connectivity index (χ0n) is 18.3. The van der Waals surface area contributed by atoms with Crippen molar-refractivity contribution in [2.45, 2.75) is 28.9 Å². The number of aromatic nitrogens is 2. The van der Waals surface area contributed by atoms with Gasteiger partial charge in [0.1, 0.15) is 10.5 Å². The Labute approximate surface area is 196 Å². The molecule has 0 saturated carbocycles. The number of carbonyl (C=O) groups excluding carboxylic acids is 2. The fourth-order valence-corrected chi connectivity index (χ4v) is 6.29. The minimum absolute atomic E-state index is 0.0284. The summed E-state index contributed by atoms with van der Waals surface area (Å²) in [6, 6.07) is 10.8. The molecule has 1 aliphatic rings. The summed E-state index contributed by atoms with van der Waals surface area (Å²) < 4.78 is 27.7. The number of hydrogen-bond donors (Lipinski definition) is 2. The number of sulfonamides is 1. The first-order valence-electron chi connectivity index (χ1n) is 10.5. The number of amides is 2. The molecule has 1 saturated heterocycles. The zero-order valence-corrected chi connectivity index (χ0v) is 19.9. The fraction of sp³-hybridized carbons (Fsp3) is 0.318. The molecule has 2 N–H and O–H groups in total. The number of nitrogens with zero attached hydrogens (tertiary/aromatic N) is 3. The lowest BCUT2D eigenvalue weighted by molar-refractivity contribution is -0.131. The van der Waals surface area contributed by atoms with Crippen LogP contribution in [0.4, 0.5) is 5.69 Å². The van der Waals surface area contributed by atoms with E-state index in [0.717, 1.165) is 4.90 Å². The second-order valence-corrected chi connectivity index (χ2v) is 11.1. The molecule has 1 aromatic carbocycles. The van der Waals surface area contributed by atoms with Crippen LogP contribution in [-0.4, -0.2) is 70.8 Å². The molecule has 0 radical (unpaired) electrons. The van der Waals surface area contributed by atoms with Crippen LogP contribution in [0, 0.1) is 0 Å². The number of aromatic amines is 1. The number of benzene rings is 1. The highest BCUT2D eigenvalue weighted by atomic mass is 32.2. The smallest absolute Gasteiger partial charge is 0.245 e. The van der Waals surface area contributed by atoms with E-state index in [0.29, 0.717) is 29.8 Å². The summed E-state index contributed by atoms with van der Waals surface area (Å²) in [6.07, 6.45) is 3.08. The molecule has 1 atom stereocenters. The van der Waals surface area contributed by atoms with Crippen molar-refractivity contribution in [1.29, 1.82) is 0 Å². The highest BCUT2D eigenvalue weighted by Crippen LogP contribution is 2.28. The third kappa shape index (κ3) is 5.05. The molecule has 0 aliphatic carbocycles. The highest BCUT2D eigenvalue weighted by Gasteiger charge is 2.33. The Balaban J connectivity index is 1.36. The van der Waals surface area contributed by atoms with Crippen LogP contribution >= 0.6 is 11.8 Å². The van der Waals surface area contributed by atoms with Gasteiger partial charge in [0.2, 0.25) is 21.8 Å². The molecule has 11 heteroatoms. The Morgan fingerprint density at radius 1 is 1.12 bits per heavy atom. The molecule has 2 aromatic heterocycles. The van der Waals surface area contributed by atoms with Gasteiger partial charge >= 0.3 is 0 Å². The van der Waals surface area contributed by atoms with Gasteiger partial charge in [-0.05, 0) is 43.3 Å². The van der Waals surface area contributed by atoms with Crippen LogP contribution in [0.25, 0.3) is 11.0 Å². The number of nitrogens with one attached hydrogen (secondary N) is 2. The molecule has 174 valence electrons. The maximum Gasteiger partial charge on any atom is 0.245 e. The van der Waals surface area contributed by atoms with Crippen LogP contribution in [0.2, 0.25) is 0 Å². The van der Waals surface area contributed by atoms with Crippen molar-refractivity contribution in [1.82, 2.24) is 19.2 Å². The number of rotatable bonds is 6. The molecular weight excluding hydrogens is 462 g/mol. The van der Waals surface area contributed by atoms with Gasteiger partial charge in [-0.25, -0.2) is 13.4 Å². The van der Waals surface area contributed by atoms with Gasteiger partial charge < -0.3 is 15.2 Å². The number of H-pyrrole nitrogens is 1. The van der Waals surface area contributed by atoms with E-state index in [1.54, 1.807) is 35.4 Å². The Morgan fingerprint density at radius 3 is 2.48 bits per heavy atom. The van der Waals surface area contributed by atoms with Crippen molar-refractivity contribution in [2.24, 2.45) is 0 Å². The molecule has 4 rings (SSSR count). The Morgan fingerprint density at radius 2 is 1.82 bits per heavy atom. The quantitative estimate of drug-likeness (QED) is 0.517. The van der Waals surface area contributed by atoms with Crippen LogP contribution in [0.15, 0.2) is 58.6 Å². The first kappa shape index (κ1) is 23.3. The molecule has 0 spiro atoms. The molecular formula is C22H25N5O4S2. The number of pyridine rings is 1. The van der Waals surface area contributed by atoms with E-state index in [2.05, 4.69) is 15.3 Å². The summed E-state index contributed by atoms with van der Waals surface area (Å²) >= 11 is 1.43. The van der Waals surface area contributed by atoms with Gasteiger partial charge in [-0.3, -0.25) is 9.59 Å². The summed E-state index contributed by atoms with van der Waals surface area (Å²) in [4.78, 5) is 34.0. The van der Waals surface area contributed by atoms with E-state index in [1.807, 2.05) is 19.1 Å². The molecule has 1 fully saturated rings. The summed E-state index contributed by atoms with van der Waals surface area (Å²) in [5, 5.41) is 2.95. The highest BCUT2D eigenvalue weighted by molar-refractivity contribution is 8.00. The number of anilines is 1. The number of carbonyl (C=O) groups is 2. The van der Waals surface area contributed by atoms with Crippen LogP contribution < -0.4 is 5.32 Å². The van der Waals surface area contributed by atoms with Crippen molar-refractivity contribution in [3.05, 3.63) is 48.8 Å². The van der Waals surface area contributed by atoms with E-state index in [-0.39, 0.29) is 35.0 Å². The number of thioether (sulfide) groups is 1. The lowest BCUT2D eigenvalue weighted by Gasteiger charge is -2.35. The SMILES string of the molecule is CC(=O)Nc1ccc(SC(C)C(=O)N2CCN(S(=O)(=O)c3c[nH]c4ncccc34)CC2)cc1. The third-order valence-corrected chi connectivity index (χ3v) is 8.45. The second-order valence-electron chi connectivity index (χ2n) is 7.75. The van der Waals surface area contributed by atoms with E-state index >= 15 is 0 Å². The molecule has 9 nitrogen and oxygen atoms in total. The van der Waals surface area contributed by atoms with Gasteiger partial charge in [0, 0.05) is 61.5 Å². The summed E-state index contributed by atoms with van der Waals surface area (Å²) in [7, 11) is -3.69. The molecule has 3 aromatic rings. The average molecular weight is 488 g/mol. The molecule has 0 bridgehead atoms. The summed E-state index contributed by atoms with van der Waals surface area (Å²) in [5.74, 6) is -0.166. The second kappa shape index (κ2) is 9.54. The normalized spacial score (nSPS) is 16.0. The lowest BCUT2D eigenvalue weighted by Crippen LogP contribution is -2.52. The van der Waals surface area contributed by atoms with Gasteiger partial charge in [-0.15, -0.1) is 11.8 Å². The Kier molecular flexibility index (Phi) is 6.73. The number of fused-ring (bicyclic) bond motifs is 1.